The second-order valence-electron chi connectivity index (χ2n) is 9.69. The highest BCUT2D eigenvalue weighted by molar-refractivity contribution is 5.91. The van der Waals surface area contributed by atoms with Gasteiger partial charge in [0.2, 0.25) is 0 Å². The molecule has 3 saturated carbocycles. The number of fused-ring (bicyclic) bond motifs is 5. The molecule has 0 heterocycles. The summed E-state index contributed by atoms with van der Waals surface area (Å²) in [5.74, 6) is 3.50. The first-order valence-electron chi connectivity index (χ1n) is 10.1. The summed E-state index contributed by atoms with van der Waals surface area (Å²) in [6.07, 6.45) is 12.5. The molecule has 0 saturated heterocycles. The van der Waals surface area contributed by atoms with Crippen molar-refractivity contribution in [2.45, 2.75) is 72.1 Å². The van der Waals surface area contributed by atoms with Crippen LogP contribution in [0.3, 0.4) is 0 Å². The number of hydrogen-bond donors (Lipinski definition) is 0. The van der Waals surface area contributed by atoms with E-state index in [1.807, 2.05) is 6.08 Å². The molecule has 0 aromatic carbocycles. The van der Waals surface area contributed by atoms with Crippen molar-refractivity contribution < 1.29 is 9.59 Å². The summed E-state index contributed by atoms with van der Waals surface area (Å²) in [5.41, 5.74) is 2.09. The van der Waals surface area contributed by atoms with E-state index in [4.69, 9.17) is 0 Å². The molecule has 4 aliphatic carbocycles. The van der Waals surface area contributed by atoms with Crippen molar-refractivity contribution in [1.82, 2.24) is 0 Å². The Morgan fingerprint density at radius 3 is 2.62 bits per heavy atom. The molecule has 0 N–H and O–H groups in total. The Morgan fingerprint density at radius 1 is 1.08 bits per heavy atom. The van der Waals surface area contributed by atoms with Gasteiger partial charge in [0.1, 0.15) is 6.29 Å². The Labute approximate surface area is 146 Å². The van der Waals surface area contributed by atoms with E-state index in [-0.39, 0.29) is 11.3 Å². The third-order valence-corrected chi connectivity index (χ3v) is 8.88. The summed E-state index contributed by atoms with van der Waals surface area (Å²) in [6, 6.07) is 0. The van der Waals surface area contributed by atoms with Crippen LogP contribution in [0, 0.1) is 40.4 Å². The molecule has 0 aromatic heterocycles. The Hall–Kier alpha value is -0.920. The summed E-state index contributed by atoms with van der Waals surface area (Å²) in [6.45, 7) is 7.07. The van der Waals surface area contributed by atoms with Gasteiger partial charge in [0.05, 0.1) is 0 Å². The van der Waals surface area contributed by atoms with Crippen molar-refractivity contribution in [3.05, 3.63) is 11.6 Å². The molecule has 0 bridgehead atoms. The zero-order valence-corrected chi connectivity index (χ0v) is 15.5. The fraction of sp³-hybridized carbons (Fsp3) is 0.818. The molecule has 0 radical (unpaired) electrons. The van der Waals surface area contributed by atoms with E-state index >= 15 is 0 Å². The van der Waals surface area contributed by atoms with Gasteiger partial charge in [-0.2, -0.15) is 0 Å². The topological polar surface area (TPSA) is 34.1 Å². The van der Waals surface area contributed by atoms with Crippen LogP contribution in [0.2, 0.25) is 0 Å². The molecule has 0 amide bonds. The van der Waals surface area contributed by atoms with Gasteiger partial charge in [-0.15, -0.1) is 0 Å². The Kier molecular flexibility index (Phi) is 3.82. The van der Waals surface area contributed by atoms with Crippen molar-refractivity contribution in [3.63, 3.8) is 0 Å². The van der Waals surface area contributed by atoms with Crippen LogP contribution in [0.5, 0.6) is 0 Å². The number of carbonyl (C=O) groups is 2. The number of carbonyl (C=O) groups excluding carboxylic acids is 2. The molecular weight excluding hydrogens is 296 g/mol. The van der Waals surface area contributed by atoms with Gasteiger partial charge in [-0.05, 0) is 85.5 Å². The third kappa shape index (κ3) is 2.14. The summed E-state index contributed by atoms with van der Waals surface area (Å²) in [7, 11) is 0. The smallest absolute Gasteiger partial charge is 0.155 e. The second kappa shape index (κ2) is 5.54. The number of ketones is 1. The molecule has 24 heavy (non-hydrogen) atoms. The molecule has 2 heteroatoms. The quantitative estimate of drug-likeness (QED) is 0.671. The van der Waals surface area contributed by atoms with E-state index in [9.17, 15) is 9.59 Å². The lowest BCUT2D eigenvalue weighted by atomic mass is 9.46. The highest BCUT2D eigenvalue weighted by Gasteiger charge is 2.59. The van der Waals surface area contributed by atoms with E-state index in [1.54, 1.807) is 0 Å². The minimum Gasteiger partial charge on any atom is -0.303 e. The number of allylic oxidation sites excluding steroid dienone is 1. The fourth-order valence-corrected chi connectivity index (χ4v) is 7.56. The maximum atomic E-state index is 11.9. The maximum Gasteiger partial charge on any atom is 0.155 e. The van der Waals surface area contributed by atoms with Gasteiger partial charge >= 0.3 is 0 Å². The first-order valence-corrected chi connectivity index (χ1v) is 10.1. The van der Waals surface area contributed by atoms with Gasteiger partial charge in [-0.25, -0.2) is 0 Å². The van der Waals surface area contributed by atoms with Crippen LogP contribution < -0.4 is 0 Å². The Morgan fingerprint density at radius 2 is 1.88 bits per heavy atom. The lowest BCUT2D eigenvalue weighted by molar-refractivity contribution is -0.118. The SMILES string of the molecule is C[C@@H](C=O)C1CCC2C3CCC4=CC(=O)CC[C@]4(C)C3CC[C@@]21C. The van der Waals surface area contributed by atoms with Gasteiger partial charge < -0.3 is 4.79 Å². The first-order chi connectivity index (χ1) is 11.4. The molecule has 7 atom stereocenters. The lowest BCUT2D eigenvalue weighted by Crippen LogP contribution is -2.51. The maximum absolute atomic E-state index is 11.9. The van der Waals surface area contributed by atoms with Crippen molar-refractivity contribution >= 4 is 12.1 Å². The molecule has 0 spiro atoms. The molecule has 4 unspecified atom stereocenters. The van der Waals surface area contributed by atoms with E-state index in [0.29, 0.717) is 17.1 Å². The van der Waals surface area contributed by atoms with E-state index < -0.39 is 0 Å². The van der Waals surface area contributed by atoms with Crippen molar-refractivity contribution in [3.8, 4) is 0 Å². The highest BCUT2D eigenvalue weighted by Crippen LogP contribution is 2.67. The van der Waals surface area contributed by atoms with Gasteiger partial charge in [0.25, 0.3) is 0 Å². The molecule has 4 aliphatic rings. The first kappa shape index (κ1) is 16.5. The van der Waals surface area contributed by atoms with Crippen LogP contribution in [0.25, 0.3) is 0 Å². The number of rotatable bonds is 2. The van der Waals surface area contributed by atoms with Crippen LogP contribution in [0.15, 0.2) is 11.6 Å². The summed E-state index contributed by atoms with van der Waals surface area (Å²) < 4.78 is 0. The Balaban J connectivity index is 1.65. The predicted octanol–water partition coefficient (Wildman–Crippen LogP) is 4.97. The second-order valence-corrected chi connectivity index (χ2v) is 9.69. The normalized spacial score (nSPS) is 48.8. The number of aldehydes is 1. The van der Waals surface area contributed by atoms with E-state index in [0.717, 1.165) is 37.0 Å². The van der Waals surface area contributed by atoms with Gasteiger partial charge in [-0.1, -0.05) is 26.3 Å². The zero-order chi connectivity index (χ0) is 17.1. The zero-order valence-electron chi connectivity index (χ0n) is 15.5. The molecular formula is C22H32O2. The van der Waals surface area contributed by atoms with Gasteiger partial charge in [0.15, 0.2) is 5.78 Å². The van der Waals surface area contributed by atoms with Gasteiger partial charge in [-0.3, -0.25) is 4.79 Å². The lowest BCUT2D eigenvalue weighted by Gasteiger charge is -2.58. The van der Waals surface area contributed by atoms with Crippen LogP contribution in [-0.2, 0) is 9.59 Å². The summed E-state index contributed by atoms with van der Waals surface area (Å²) in [5, 5.41) is 0. The summed E-state index contributed by atoms with van der Waals surface area (Å²) in [4.78, 5) is 23.3. The molecule has 4 rings (SSSR count). The predicted molar refractivity (Wildman–Crippen MR) is 95.4 cm³/mol. The van der Waals surface area contributed by atoms with Crippen LogP contribution in [0.1, 0.15) is 72.1 Å². The monoisotopic (exact) mass is 328 g/mol. The van der Waals surface area contributed by atoms with E-state index in [1.165, 1.54) is 44.0 Å². The van der Waals surface area contributed by atoms with Crippen molar-refractivity contribution in [2.24, 2.45) is 40.4 Å². The molecule has 0 aliphatic heterocycles. The largest absolute Gasteiger partial charge is 0.303 e. The average molecular weight is 328 g/mol. The van der Waals surface area contributed by atoms with Crippen LogP contribution >= 0.6 is 0 Å². The molecule has 0 aromatic rings. The standard InChI is InChI=1S/C22H32O2/c1-14(13-23)18-6-7-19-17-5-4-15-12-16(24)8-10-21(15,2)20(17)9-11-22(18,19)3/h12-14,17-20H,4-11H2,1-3H3/t14-,17?,18?,19?,20?,21-,22+/m0/s1. The molecule has 2 nitrogen and oxygen atoms in total. The minimum absolute atomic E-state index is 0.207. The van der Waals surface area contributed by atoms with Gasteiger partial charge in [0, 0.05) is 12.3 Å². The number of hydrogen-bond acceptors (Lipinski definition) is 2. The highest BCUT2D eigenvalue weighted by atomic mass is 16.1. The molecule has 132 valence electrons. The molecule has 3 fully saturated rings. The third-order valence-electron chi connectivity index (χ3n) is 8.88. The van der Waals surface area contributed by atoms with E-state index in [2.05, 4.69) is 20.8 Å². The Bertz CT molecular complexity index is 591. The van der Waals surface area contributed by atoms with Crippen molar-refractivity contribution in [1.29, 1.82) is 0 Å². The van der Waals surface area contributed by atoms with Crippen molar-refractivity contribution in [2.75, 3.05) is 0 Å². The van der Waals surface area contributed by atoms with Crippen LogP contribution in [-0.4, -0.2) is 12.1 Å². The fourth-order valence-electron chi connectivity index (χ4n) is 7.56. The minimum atomic E-state index is 0.207. The average Bonchev–Trinajstić information content (AvgIpc) is 2.92. The van der Waals surface area contributed by atoms with Crippen LogP contribution in [0.4, 0.5) is 0 Å². The summed E-state index contributed by atoms with van der Waals surface area (Å²) >= 11 is 0.